The van der Waals surface area contributed by atoms with E-state index in [1.807, 2.05) is 0 Å². The molecule has 0 unspecified atom stereocenters. The van der Waals surface area contributed by atoms with E-state index in [1.54, 1.807) is 4.31 Å². The molecule has 3 nitrogen and oxygen atoms in total. The fourth-order valence-electron chi connectivity index (χ4n) is 3.28. The summed E-state index contributed by atoms with van der Waals surface area (Å²) in [7, 11) is -2.99. The van der Waals surface area contributed by atoms with E-state index in [1.165, 1.54) is 25.5 Å². The lowest BCUT2D eigenvalue weighted by Gasteiger charge is -2.45. The van der Waals surface area contributed by atoms with Crippen LogP contribution < -0.4 is 0 Å². The van der Waals surface area contributed by atoms with Gasteiger partial charge in [-0.05, 0) is 31.1 Å². The molecule has 1 heterocycles. The molecule has 1 saturated carbocycles. The highest BCUT2D eigenvalue weighted by atomic mass is 32.2. The van der Waals surface area contributed by atoms with Crippen LogP contribution in [0.5, 0.6) is 0 Å². The Morgan fingerprint density at radius 2 is 1.80 bits per heavy atom. The van der Waals surface area contributed by atoms with Crippen molar-refractivity contribution in [3.05, 3.63) is 0 Å². The molecule has 2 aliphatic rings. The predicted molar refractivity (Wildman–Crippen MR) is 61.1 cm³/mol. The second kappa shape index (κ2) is 4.06. The highest BCUT2D eigenvalue weighted by molar-refractivity contribution is 7.88. The molecule has 0 aromatic heterocycles. The molecular weight excluding hydrogens is 210 g/mol. The third kappa shape index (κ3) is 2.21. The Hall–Kier alpha value is -0.0900. The van der Waals surface area contributed by atoms with Crippen LogP contribution in [0.25, 0.3) is 0 Å². The van der Waals surface area contributed by atoms with Crippen molar-refractivity contribution in [1.82, 2.24) is 4.31 Å². The summed E-state index contributed by atoms with van der Waals surface area (Å²) in [5.41, 5.74) is 0. The summed E-state index contributed by atoms with van der Waals surface area (Å²) in [5.74, 6) is 1.32. The van der Waals surface area contributed by atoms with Crippen LogP contribution in [0.15, 0.2) is 0 Å². The molecule has 0 aromatic carbocycles. The zero-order valence-corrected chi connectivity index (χ0v) is 10.5. The maximum absolute atomic E-state index is 11.7. The van der Waals surface area contributed by atoms with Gasteiger partial charge in [-0.25, -0.2) is 8.42 Å². The van der Waals surface area contributed by atoms with Gasteiger partial charge >= 0.3 is 0 Å². The van der Waals surface area contributed by atoms with Crippen LogP contribution in [-0.4, -0.2) is 31.6 Å². The molecule has 3 atom stereocenters. The minimum absolute atomic E-state index is 0.303. The van der Waals surface area contributed by atoms with Crippen LogP contribution in [0, 0.1) is 11.8 Å². The van der Waals surface area contributed by atoms with Gasteiger partial charge < -0.3 is 0 Å². The first-order valence-electron chi connectivity index (χ1n) is 5.97. The Morgan fingerprint density at radius 1 is 1.13 bits per heavy atom. The van der Waals surface area contributed by atoms with E-state index in [0.29, 0.717) is 17.9 Å². The van der Waals surface area contributed by atoms with Crippen molar-refractivity contribution >= 4 is 10.0 Å². The normalized spacial score (nSPS) is 38.7. The minimum Gasteiger partial charge on any atom is -0.212 e. The van der Waals surface area contributed by atoms with Gasteiger partial charge in [0.05, 0.1) is 6.26 Å². The second-order valence-corrected chi connectivity index (χ2v) is 7.09. The first-order valence-corrected chi connectivity index (χ1v) is 7.82. The molecule has 1 aliphatic heterocycles. The molecule has 2 fully saturated rings. The molecule has 0 aromatic rings. The van der Waals surface area contributed by atoms with Gasteiger partial charge in [-0.1, -0.05) is 19.8 Å². The molecule has 0 amide bonds. The molecule has 0 N–H and O–H groups in total. The van der Waals surface area contributed by atoms with Crippen LogP contribution in [-0.2, 0) is 10.0 Å². The summed E-state index contributed by atoms with van der Waals surface area (Å²) >= 11 is 0. The van der Waals surface area contributed by atoms with E-state index in [9.17, 15) is 8.42 Å². The third-order valence-corrected chi connectivity index (χ3v) is 5.42. The number of hydrogen-bond acceptors (Lipinski definition) is 2. The van der Waals surface area contributed by atoms with Crippen molar-refractivity contribution in [2.24, 2.45) is 11.8 Å². The quantitative estimate of drug-likeness (QED) is 0.690. The standard InChI is InChI=1S/C11H21NO2S/c1-9-7-8-12(15(2,13)14)11-6-4-3-5-10(9)11/h9-11H,3-8H2,1-2H3/t9-,10-,11+/m1/s1. The van der Waals surface area contributed by atoms with E-state index in [4.69, 9.17) is 0 Å². The summed E-state index contributed by atoms with van der Waals surface area (Å²) in [6.45, 7) is 3.02. The molecule has 1 aliphatic carbocycles. The van der Waals surface area contributed by atoms with Gasteiger partial charge in [0.1, 0.15) is 0 Å². The predicted octanol–water partition coefficient (Wildman–Crippen LogP) is 1.85. The lowest BCUT2D eigenvalue weighted by molar-refractivity contribution is 0.0832. The van der Waals surface area contributed by atoms with E-state index in [0.717, 1.165) is 19.4 Å². The van der Waals surface area contributed by atoms with Crippen molar-refractivity contribution in [2.45, 2.75) is 45.1 Å². The zero-order chi connectivity index (χ0) is 11.1. The number of rotatable bonds is 1. The van der Waals surface area contributed by atoms with Gasteiger partial charge in [-0.15, -0.1) is 0 Å². The van der Waals surface area contributed by atoms with Gasteiger partial charge in [0.25, 0.3) is 0 Å². The van der Waals surface area contributed by atoms with Crippen LogP contribution >= 0.6 is 0 Å². The topological polar surface area (TPSA) is 37.4 Å². The zero-order valence-electron chi connectivity index (χ0n) is 9.65. The van der Waals surface area contributed by atoms with Crippen LogP contribution in [0.1, 0.15) is 39.0 Å². The average Bonchev–Trinajstić information content (AvgIpc) is 2.17. The summed E-state index contributed by atoms with van der Waals surface area (Å²) in [4.78, 5) is 0. The molecule has 0 bridgehead atoms. The summed E-state index contributed by atoms with van der Waals surface area (Å²) in [6.07, 6.45) is 7.16. The monoisotopic (exact) mass is 231 g/mol. The number of sulfonamides is 1. The van der Waals surface area contributed by atoms with Gasteiger partial charge in [0.15, 0.2) is 0 Å². The fraction of sp³-hybridized carbons (Fsp3) is 1.00. The van der Waals surface area contributed by atoms with E-state index in [-0.39, 0.29) is 0 Å². The SMILES string of the molecule is C[C@@H]1CCN(S(C)(=O)=O)[C@H]2CCCC[C@H]12. The first kappa shape index (κ1) is 11.4. The Bertz CT molecular complexity index is 325. The maximum Gasteiger partial charge on any atom is 0.211 e. The van der Waals surface area contributed by atoms with Crippen LogP contribution in [0.4, 0.5) is 0 Å². The molecular formula is C11H21NO2S. The van der Waals surface area contributed by atoms with E-state index < -0.39 is 10.0 Å². The molecule has 2 rings (SSSR count). The second-order valence-electron chi connectivity index (χ2n) is 5.16. The molecule has 1 saturated heterocycles. The smallest absolute Gasteiger partial charge is 0.211 e. The van der Waals surface area contributed by atoms with Crippen LogP contribution in [0.2, 0.25) is 0 Å². The number of fused-ring (bicyclic) bond motifs is 1. The first-order chi connectivity index (χ1) is 7.00. The van der Waals surface area contributed by atoms with E-state index in [2.05, 4.69) is 6.92 Å². The lowest BCUT2D eigenvalue weighted by atomic mass is 9.74. The Kier molecular flexibility index (Phi) is 3.08. The van der Waals surface area contributed by atoms with Gasteiger partial charge in [0.2, 0.25) is 10.0 Å². The van der Waals surface area contributed by atoms with E-state index >= 15 is 0 Å². The summed E-state index contributed by atoms with van der Waals surface area (Å²) < 4.78 is 25.1. The van der Waals surface area contributed by atoms with Crippen molar-refractivity contribution in [2.75, 3.05) is 12.8 Å². The average molecular weight is 231 g/mol. The number of piperidine rings is 1. The van der Waals surface area contributed by atoms with Gasteiger partial charge in [-0.3, -0.25) is 0 Å². The molecule has 88 valence electrons. The van der Waals surface area contributed by atoms with Gasteiger partial charge in [-0.2, -0.15) is 4.31 Å². The fourth-order valence-corrected chi connectivity index (χ4v) is 4.47. The summed E-state index contributed by atoms with van der Waals surface area (Å²) in [6, 6.07) is 0.303. The Labute approximate surface area is 92.9 Å². The third-order valence-electron chi connectivity index (χ3n) is 4.11. The van der Waals surface area contributed by atoms with Crippen molar-refractivity contribution in [1.29, 1.82) is 0 Å². The molecule has 15 heavy (non-hydrogen) atoms. The highest BCUT2D eigenvalue weighted by Gasteiger charge is 2.40. The largest absolute Gasteiger partial charge is 0.212 e. The number of hydrogen-bond donors (Lipinski definition) is 0. The van der Waals surface area contributed by atoms with Crippen molar-refractivity contribution in [3.63, 3.8) is 0 Å². The molecule has 0 spiro atoms. The van der Waals surface area contributed by atoms with Crippen molar-refractivity contribution < 1.29 is 8.42 Å². The Morgan fingerprint density at radius 3 is 2.47 bits per heavy atom. The lowest BCUT2D eigenvalue weighted by Crippen LogP contribution is -2.51. The maximum atomic E-state index is 11.7. The molecule has 4 heteroatoms. The van der Waals surface area contributed by atoms with Crippen molar-refractivity contribution in [3.8, 4) is 0 Å². The summed E-state index contributed by atoms with van der Waals surface area (Å²) in [5, 5.41) is 0. The highest BCUT2D eigenvalue weighted by Crippen LogP contribution is 2.39. The minimum atomic E-state index is -2.99. The number of nitrogens with zero attached hydrogens (tertiary/aromatic N) is 1. The molecule has 0 radical (unpaired) electrons. The van der Waals surface area contributed by atoms with Crippen LogP contribution in [0.3, 0.4) is 0 Å². The Balaban J connectivity index is 2.21. The van der Waals surface area contributed by atoms with Gasteiger partial charge in [0, 0.05) is 12.6 Å².